The lowest BCUT2D eigenvalue weighted by Gasteiger charge is -2.28. The predicted molar refractivity (Wildman–Crippen MR) is 137 cm³/mol. The number of aromatic nitrogens is 2. The van der Waals surface area contributed by atoms with E-state index in [-0.39, 0.29) is 12.2 Å². The zero-order valence-corrected chi connectivity index (χ0v) is 21.0. The summed E-state index contributed by atoms with van der Waals surface area (Å²) in [6.45, 7) is 6.82. The van der Waals surface area contributed by atoms with E-state index in [9.17, 15) is 5.11 Å². The number of nitrogens with zero attached hydrogens (tertiary/aromatic N) is 3. The third kappa shape index (κ3) is 7.15. The van der Waals surface area contributed by atoms with Crippen molar-refractivity contribution in [2.45, 2.75) is 51.5 Å². The minimum absolute atomic E-state index is 0.0742. The highest BCUT2D eigenvalue weighted by Crippen LogP contribution is 2.34. The predicted octanol–water partition coefficient (Wildman–Crippen LogP) is 4.65. The molecule has 0 radical (unpaired) electrons. The molecule has 0 unspecified atom stereocenters. The van der Waals surface area contributed by atoms with Crippen LogP contribution >= 0.6 is 0 Å². The first kappa shape index (κ1) is 25.4. The molecule has 1 fully saturated rings. The normalized spacial score (nSPS) is 16.8. The van der Waals surface area contributed by atoms with Gasteiger partial charge in [-0.3, -0.25) is 4.90 Å². The van der Waals surface area contributed by atoms with Gasteiger partial charge in [-0.15, -0.1) is 0 Å². The number of aliphatic hydroxyl groups excluding tert-OH is 1. The Kier molecular flexibility index (Phi) is 8.93. The van der Waals surface area contributed by atoms with Gasteiger partial charge in [-0.2, -0.15) is 5.10 Å². The Morgan fingerprint density at radius 3 is 2.49 bits per heavy atom. The van der Waals surface area contributed by atoms with Crippen LogP contribution in [0.3, 0.4) is 0 Å². The number of hydrogen-bond acceptors (Lipinski definition) is 6. The molecule has 2 heterocycles. The van der Waals surface area contributed by atoms with E-state index in [1.165, 1.54) is 0 Å². The summed E-state index contributed by atoms with van der Waals surface area (Å²) in [6, 6.07) is 19.9. The molecular formula is C28H37N3O4. The zero-order chi connectivity index (χ0) is 24.6. The van der Waals surface area contributed by atoms with Crippen LogP contribution in [0.2, 0.25) is 0 Å². The number of aliphatic hydroxyl groups is 1. The van der Waals surface area contributed by atoms with Gasteiger partial charge in [-0.05, 0) is 38.8 Å². The van der Waals surface area contributed by atoms with Gasteiger partial charge in [0.05, 0.1) is 30.5 Å². The van der Waals surface area contributed by atoms with Gasteiger partial charge in [0.1, 0.15) is 11.4 Å². The van der Waals surface area contributed by atoms with E-state index >= 15 is 0 Å². The Morgan fingerprint density at radius 2 is 1.83 bits per heavy atom. The van der Waals surface area contributed by atoms with Gasteiger partial charge < -0.3 is 19.3 Å². The number of ether oxygens (including phenoxy) is 3. The Hall–Kier alpha value is -2.71. The van der Waals surface area contributed by atoms with Gasteiger partial charge in [0, 0.05) is 38.9 Å². The number of benzene rings is 2. The molecule has 1 N–H and O–H groups in total. The summed E-state index contributed by atoms with van der Waals surface area (Å²) in [5, 5.41) is 15.6. The molecule has 0 saturated carbocycles. The largest absolute Gasteiger partial charge is 0.439 e. The number of para-hydroxylation sites is 1. The molecule has 2 atom stereocenters. The average molecular weight is 480 g/mol. The van der Waals surface area contributed by atoms with E-state index in [4.69, 9.17) is 19.3 Å². The van der Waals surface area contributed by atoms with Gasteiger partial charge in [0.25, 0.3) is 0 Å². The Bertz CT molecular complexity index is 1030. The highest BCUT2D eigenvalue weighted by atomic mass is 16.5. The molecule has 0 amide bonds. The monoisotopic (exact) mass is 479 g/mol. The molecule has 0 bridgehead atoms. The van der Waals surface area contributed by atoms with Crippen LogP contribution in [-0.4, -0.2) is 64.4 Å². The van der Waals surface area contributed by atoms with Crippen molar-refractivity contribution in [3.8, 4) is 22.9 Å². The van der Waals surface area contributed by atoms with E-state index in [1.807, 2.05) is 69.4 Å². The fourth-order valence-corrected chi connectivity index (χ4v) is 4.41. The molecule has 7 nitrogen and oxygen atoms in total. The van der Waals surface area contributed by atoms with Crippen LogP contribution in [0.5, 0.6) is 11.6 Å². The van der Waals surface area contributed by atoms with Gasteiger partial charge in [0.15, 0.2) is 0 Å². The van der Waals surface area contributed by atoms with E-state index in [2.05, 4.69) is 17.0 Å². The second kappa shape index (κ2) is 12.3. The van der Waals surface area contributed by atoms with Gasteiger partial charge >= 0.3 is 0 Å². The van der Waals surface area contributed by atoms with Crippen molar-refractivity contribution in [3.05, 3.63) is 66.2 Å². The molecule has 4 rings (SSSR count). The first-order valence-corrected chi connectivity index (χ1v) is 12.5. The Labute approximate surface area is 208 Å². The third-order valence-electron chi connectivity index (χ3n) is 6.05. The summed E-state index contributed by atoms with van der Waals surface area (Å²) < 4.78 is 19.8. The molecule has 188 valence electrons. The lowest BCUT2D eigenvalue weighted by atomic mass is 10.1. The fourth-order valence-electron chi connectivity index (χ4n) is 4.41. The number of hydrogen-bond donors (Lipinski definition) is 1. The molecule has 1 aliphatic rings. The lowest BCUT2D eigenvalue weighted by molar-refractivity contribution is -0.0172. The first-order valence-electron chi connectivity index (χ1n) is 12.5. The number of aryl methyl sites for hydroxylation is 1. The van der Waals surface area contributed by atoms with E-state index in [0.717, 1.165) is 48.6 Å². The van der Waals surface area contributed by atoms with Crippen molar-refractivity contribution in [3.63, 3.8) is 0 Å². The van der Waals surface area contributed by atoms with Crippen molar-refractivity contribution in [2.24, 2.45) is 7.05 Å². The molecule has 0 spiro atoms. The fraction of sp³-hybridized carbons (Fsp3) is 0.464. The summed E-state index contributed by atoms with van der Waals surface area (Å²) >= 11 is 0. The third-order valence-corrected chi connectivity index (χ3v) is 6.05. The van der Waals surface area contributed by atoms with Crippen LogP contribution in [0.15, 0.2) is 60.7 Å². The van der Waals surface area contributed by atoms with Crippen LogP contribution < -0.4 is 4.74 Å². The molecular weight excluding hydrogens is 442 g/mol. The minimum Gasteiger partial charge on any atom is -0.439 e. The van der Waals surface area contributed by atoms with Crippen LogP contribution in [0.25, 0.3) is 11.3 Å². The van der Waals surface area contributed by atoms with E-state index in [0.29, 0.717) is 25.6 Å². The van der Waals surface area contributed by atoms with Crippen LogP contribution in [0.1, 0.15) is 32.3 Å². The van der Waals surface area contributed by atoms with E-state index < -0.39 is 6.10 Å². The topological polar surface area (TPSA) is 69.0 Å². The first-order chi connectivity index (χ1) is 17.0. The summed E-state index contributed by atoms with van der Waals surface area (Å²) in [5.41, 5.74) is 2.89. The second-order valence-corrected chi connectivity index (χ2v) is 9.40. The smallest absolute Gasteiger partial charge is 0.222 e. The molecule has 35 heavy (non-hydrogen) atoms. The standard InChI is InChI=1S/C28H37N3O4/c1-21(2)34-20-23(32)17-31(18-25-15-10-16-33-25)19-26-27(22-11-6-4-7-12-22)29-30(3)28(26)35-24-13-8-5-9-14-24/h4-9,11-14,21,23,25,32H,10,15-20H2,1-3H3/t23-,25-/m0/s1. The molecule has 3 aromatic rings. The van der Waals surface area contributed by atoms with Gasteiger partial charge in [-0.25, -0.2) is 4.68 Å². The molecule has 2 aromatic carbocycles. The highest BCUT2D eigenvalue weighted by molar-refractivity contribution is 5.65. The summed E-state index contributed by atoms with van der Waals surface area (Å²) in [6.07, 6.45) is 1.73. The number of rotatable bonds is 12. The molecule has 0 aliphatic carbocycles. The maximum absolute atomic E-state index is 10.8. The van der Waals surface area contributed by atoms with Crippen molar-refractivity contribution in [2.75, 3.05) is 26.3 Å². The maximum atomic E-state index is 10.8. The van der Waals surface area contributed by atoms with Crippen LogP contribution in [-0.2, 0) is 23.1 Å². The summed E-state index contributed by atoms with van der Waals surface area (Å²) in [4.78, 5) is 2.24. The van der Waals surface area contributed by atoms with Crippen molar-refractivity contribution < 1.29 is 19.3 Å². The molecule has 1 saturated heterocycles. The summed E-state index contributed by atoms with van der Waals surface area (Å²) in [7, 11) is 1.91. The lowest BCUT2D eigenvalue weighted by Crippen LogP contribution is -2.39. The second-order valence-electron chi connectivity index (χ2n) is 9.40. The van der Waals surface area contributed by atoms with E-state index in [1.54, 1.807) is 4.68 Å². The Balaban J connectivity index is 1.64. The Morgan fingerprint density at radius 1 is 1.11 bits per heavy atom. The quantitative estimate of drug-likeness (QED) is 0.408. The SMILES string of the molecule is CC(C)OC[C@@H](O)CN(Cc1c(-c2ccccc2)nn(C)c1Oc1ccccc1)C[C@@H]1CCCO1. The summed E-state index contributed by atoms with van der Waals surface area (Å²) in [5.74, 6) is 1.45. The maximum Gasteiger partial charge on any atom is 0.222 e. The highest BCUT2D eigenvalue weighted by Gasteiger charge is 2.26. The van der Waals surface area contributed by atoms with Gasteiger partial charge in [-0.1, -0.05) is 48.5 Å². The van der Waals surface area contributed by atoms with Crippen LogP contribution in [0.4, 0.5) is 0 Å². The minimum atomic E-state index is -0.603. The van der Waals surface area contributed by atoms with Crippen molar-refractivity contribution >= 4 is 0 Å². The van der Waals surface area contributed by atoms with Gasteiger partial charge in [0.2, 0.25) is 5.88 Å². The van der Waals surface area contributed by atoms with Crippen molar-refractivity contribution in [1.82, 2.24) is 14.7 Å². The van der Waals surface area contributed by atoms with Crippen LogP contribution in [0, 0.1) is 0 Å². The van der Waals surface area contributed by atoms with Crippen molar-refractivity contribution in [1.29, 1.82) is 0 Å². The average Bonchev–Trinajstić information content (AvgIpc) is 3.47. The molecule has 7 heteroatoms. The molecule has 1 aromatic heterocycles. The zero-order valence-electron chi connectivity index (χ0n) is 21.0. The molecule has 1 aliphatic heterocycles.